The number of ether oxygens (including phenoxy) is 1. The van der Waals surface area contributed by atoms with Crippen LogP contribution in [0.1, 0.15) is 18.4 Å². The number of nitrogens with one attached hydrogen (secondary N) is 1. The number of nitrogens with zero attached hydrogens (tertiary/aromatic N) is 2. The number of hydrogen-bond acceptors (Lipinski definition) is 5. The van der Waals surface area contributed by atoms with E-state index in [4.69, 9.17) is 4.74 Å². The first-order chi connectivity index (χ1) is 11.5. The highest BCUT2D eigenvalue weighted by molar-refractivity contribution is 7.18. The van der Waals surface area contributed by atoms with Crippen molar-refractivity contribution in [1.29, 1.82) is 0 Å². The predicted molar refractivity (Wildman–Crippen MR) is 87.3 cm³/mol. The smallest absolute Gasteiger partial charge is 0.417 e. The fraction of sp³-hybridized carbons (Fsp3) is 0.375. The second kappa shape index (κ2) is 6.80. The van der Waals surface area contributed by atoms with E-state index in [1.165, 1.54) is 31.1 Å². The average Bonchev–Trinajstić information content (AvgIpc) is 3.26. The Bertz CT molecular complexity index is 726. The van der Waals surface area contributed by atoms with Crippen molar-refractivity contribution < 1.29 is 17.9 Å². The van der Waals surface area contributed by atoms with E-state index in [-0.39, 0.29) is 22.9 Å². The van der Waals surface area contributed by atoms with Gasteiger partial charge in [0, 0.05) is 12.1 Å². The van der Waals surface area contributed by atoms with Gasteiger partial charge in [0.15, 0.2) is 0 Å². The minimum absolute atomic E-state index is 0.00502. The summed E-state index contributed by atoms with van der Waals surface area (Å²) in [5.41, 5.74) is -0.778. The molecule has 0 bridgehead atoms. The van der Waals surface area contributed by atoms with Gasteiger partial charge in [0.1, 0.15) is 17.4 Å². The Labute approximate surface area is 141 Å². The SMILES string of the molecule is C=CCOc1ccc(-c2nnc(NCC3CC3)s2)c(C(F)(F)F)c1. The van der Waals surface area contributed by atoms with Gasteiger partial charge in [0.2, 0.25) is 5.13 Å². The third kappa shape index (κ3) is 4.05. The Morgan fingerprint density at radius 2 is 2.12 bits per heavy atom. The van der Waals surface area contributed by atoms with Gasteiger partial charge in [-0.1, -0.05) is 24.0 Å². The zero-order chi connectivity index (χ0) is 17.2. The molecule has 2 aromatic rings. The quantitative estimate of drug-likeness (QED) is 0.737. The topological polar surface area (TPSA) is 47.0 Å². The number of hydrogen-bond donors (Lipinski definition) is 1. The molecular weight excluding hydrogens is 339 g/mol. The molecule has 1 aliphatic carbocycles. The van der Waals surface area contributed by atoms with E-state index in [2.05, 4.69) is 22.1 Å². The summed E-state index contributed by atoms with van der Waals surface area (Å²) in [6, 6.07) is 3.84. The normalized spacial score (nSPS) is 14.5. The lowest BCUT2D eigenvalue weighted by Gasteiger charge is -2.13. The van der Waals surface area contributed by atoms with E-state index >= 15 is 0 Å². The van der Waals surface area contributed by atoms with E-state index in [0.717, 1.165) is 23.9 Å². The highest BCUT2D eigenvalue weighted by Gasteiger charge is 2.35. The largest absolute Gasteiger partial charge is 0.490 e. The van der Waals surface area contributed by atoms with Crippen molar-refractivity contribution >= 4 is 16.5 Å². The molecule has 1 aliphatic rings. The van der Waals surface area contributed by atoms with Crippen LogP contribution in [0.3, 0.4) is 0 Å². The summed E-state index contributed by atoms with van der Waals surface area (Å²) >= 11 is 1.12. The van der Waals surface area contributed by atoms with Gasteiger partial charge in [0.25, 0.3) is 0 Å². The van der Waals surface area contributed by atoms with Gasteiger partial charge in [-0.3, -0.25) is 0 Å². The Morgan fingerprint density at radius 1 is 1.33 bits per heavy atom. The number of anilines is 1. The molecule has 3 rings (SSSR count). The average molecular weight is 355 g/mol. The van der Waals surface area contributed by atoms with Crippen molar-refractivity contribution in [2.24, 2.45) is 5.92 Å². The molecular formula is C16H16F3N3OS. The maximum atomic E-state index is 13.4. The molecule has 1 saturated carbocycles. The number of alkyl halides is 3. The lowest BCUT2D eigenvalue weighted by Crippen LogP contribution is -2.08. The second-order valence-electron chi connectivity index (χ2n) is 5.54. The number of rotatable bonds is 7. The first kappa shape index (κ1) is 16.8. The molecule has 0 atom stereocenters. The minimum Gasteiger partial charge on any atom is -0.490 e. The molecule has 0 radical (unpaired) electrons. The van der Waals surface area contributed by atoms with Crippen LogP contribution in [0.4, 0.5) is 18.3 Å². The van der Waals surface area contributed by atoms with Gasteiger partial charge in [-0.25, -0.2) is 0 Å². The zero-order valence-corrected chi connectivity index (χ0v) is 13.6. The van der Waals surface area contributed by atoms with Crippen LogP contribution in [0.15, 0.2) is 30.9 Å². The molecule has 1 N–H and O–H groups in total. The van der Waals surface area contributed by atoms with Gasteiger partial charge in [-0.15, -0.1) is 10.2 Å². The standard InChI is InChI=1S/C16H16F3N3OS/c1-2-7-23-11-5-6-12(13(8-11)16(17,18)19)14-21-22-15(24-14)20-9-10-3-4-10/h2,5-6,8,10H,1,3-4,7,9H2,(H,20,22). The molecule has 128 valence electrons. The molecule has 24 heavy (non-hydrogen) atoms. The molecule has 0 amide bonds. The van der Waals surface area contributed by atoms with Gasteiger partial charge >= 0.3 is 6.18 Å². The summed E-state index contributed by atoms with van der Waals surface area (Å²) in [5, 5.41) is 11.7. The molecule has 0 unspecified atom stereocenters. The lowest BCUT2D eigenvalue weighted by atomic mass is 10.1. The lowest BCUT2D eigenvalue weighted by molar-refractivity contribution is -0.137. The van der Waals surface area contributed by atoms with Crippen LogP contribution in [0.5, 0.6) is 5.75 Å². The Kier molecular flexibility index (Phi) is 4.75. The number of aromatic nitrogens is 2. The van der Waals surface area contributed by atoms with Crippen LogP contribution < -0.4 is 10.1 Å². The maximum Gasteiger partial charge on any atom is 0.417 e. The first-order valence-electron chi connectivity index (χ1n) is 7.50. The molecule has 1 heterocycles. The Hall–Kier alpha value is -2.09. The molecule has 1 fully saturated rings. The van der Waals surface area contributed by atoms with Crippen molar-refractivity contribution in [1.82, 2.24) is 10.2 Å². The van der Waals surface area contributed by atoms with Crippen LogP contribution in [0.2, 0.25) is 0 Å². The van der Waals surface area contributed by atoms with Crippen molar-refractivity contribution in [3.8, 4) is 16.3 Å². The predicted octanol–water partition coefficient (Wildman–Crippen LogP) is 4.61. The van der Waals surface area contributed by atoms with Crippen molar-refractivity contribution in [2.45, 2.75) is 19.0 Å². The van der Waals surface area contributed by atoms with Gasteiger partial charge in [-0.05, 0) is 37.0 Å². The number of benzene rings is 1. The highest BCUT2D eigenvalue weighted by Crippen LogP contribution is 2.40. The van der Waals surface area contributed by atoms with Crippen LogP contribution in [-0.2, 0) is 6.18 Å². The van der Waals surface area contributed by atoms with Crippen molar-refractivity contribution in [3.63, 3.8) is 0 Å². The molecule has 4 nitrogen and oxygen atoms in total. The summed E-state index contributed by atoms with van der Waals surface area (Å²) in [7, 11) is 0. The fourth-order valence-electron chi connectivity index (χ4n) is 2.15. The molecule has 0 aliphatic heterocycles. The highest BCUT2D eigenvalue weighted by atomic mass is 32.1. The van der Waals surface area contributed by atoms with Crippen LogP contribution in [0, 0.1) is 5.92 Å². The third-order valence-electron chi connectivity index (χ3n) is 3.56. The second-order valence-corrected chi connectivity index (χ2v) is 6.52. The molecule has 8 heteroatoms. The first-order valence-corrected chi connectivity index (χ1v) is 8.31. The van der Waals surface area contributed by atoms with E-state index in [1.54, 1.807) is 0 Å². The maximum absolute atomic E-state index is 13.4. The van der Waals surface area contributed by atoms with Crippen molar-refractivity contribution in [2.75, 3.05) is 18.5 Å². The number of halogens is 3. The zero-order valence-electron chi connectivity index (χ0n) is 12.8. The summed E-state index contributed by atoms with van der Waals surface area (Å²) < 4.78 is 45.3. The Morgan fingerprint density at radius 3 is 2.79 bits per heavy atom. The summed E-state index contributed by atoms with van der Waals surface area (Å²) in [4.78, 5) is 0. The molecule has 0 saturated heterocycles. The molecule has 1 aromatic heterocycles. The molecule has 1 aromatic carbocycles. The van der Waals surface area contributed by atoms with Crippen molar-refractivity contribution in [3.05, 3.63) is 36.4 Å². The monoisotopic (exact) mass is 355 g/mol. The fourth-order valence-corrected chi connectivity index (χ4v) is 2.94. The van der Waals surface area contributed by atoms with Gasteiger partial charge in [0.05, 0.1) is 5.56 Å². The van der Waals surface area contributed by atoms with Crippen LogP contribution >= 0.6 is 11.3 Å². The summed E-state index contributed by atoms with van der Waals surface area (Å²) in [6.45, 7) is 4.41. The third-order valence-corrected chi connectivity index (χ3v) is 4.47. The van der Waals surface area contributed by atoms with Crippen LogP contribution in [-0.4, -0.2) is 23.3 Å². The van der Waals surface area contributed by atoms with E-state index in [1.807, 2.05) is 0 Å². The molecule has 0 spiro atoms. The minimum atomic E-state index is -4.50. The van der Waals surface area contributed by atoms with E-state index < -0.39 is 11.7 Å². The van der Waals surface area contributed by atoms with Crippen LogP contribution in [0.25, 0.3) is 10.6 Å². The van der Waals surface area contributed by atoms with E-state index in [9.17, 15) is 13.2 Å². The van der Waals surface area contributed by atoms with E-state index in [0.29, 0.717) is 11.0 Å². The summed E-state index contributed by atoms with van der Waals surface area (Å²) in [6.07, 6.45) is -0.661. The van der Waals surface area contributed by atoms with Gasteiger partial charge in [-0.2, -0.15) is 13.2 Å². The Balaban J connectivity index is 1.86. The summed E-state index contributed by atoms with van der Waals surface area (Å²) in [5.74, 6) is 0.784. The van der Waals surface area contributed by atoms with Gasteiger partial charge < -0.3 is 10.1 Å².